The number of nitrogens with one attached hydrogen (secondary N) is 1. The third kappa shape index (κ3) is 4.74. The molecule has 0 aromatic carbocycles. The smallest absolute Gasteiger partial charge is 0.358 e. The summed E-state index contributed by atoms with van der Waals surface area (Å²) in [6, 6.07) is 2.76. The molecule has 1 atom stereocenters. The number of carbonyl (C=O) groups is 2. The van der Waals surface area contributed by atoms with Gasteiger partial charge in [0.05, 0.1) is 11.6 Å². The van der Waals surface area contributed by atoms with Crippen LogP contribution >= 0.6 is 0 Å². The van der Waals surface area contributed by atoms with Crippen LogP contribution in [0.5, 0.6) is 0 Å². The molecule has 17 heavy (non-hydrogen) atoms. The minimum absolute atomic E-state index is 0.342. The normalized spacial score (nSPS) is 12.2. The number of hydrogen-bond acceptors (Lipinski definition) is 5. The van der Waals surface area contributed by atoms with Gasteiger partial charge in [0.15, 0.2) is 0 Å². The second-order valence-corrected chi connectivity index (χ2v) is 4.12. The highest BCUT2D eigenvalue weighted by Crippen LogP contribution is 2.04. The molecule has 1 aromatic rings. The lowest BCUT2D eigenvalue weighted by molar-refractivity contribution is -0.112. The van der Waals surface area contributed by atoms with Gasteiger partial charge in [-0.25, -0.2) is 4.79 Å². The quantitative estimate of drug-likeness (QED) is 0.596. The van der Waals surface area contributed by atoms with Crippen LogP contribution in [-0.2, 0) is 9.63 Å². The average molecular weight is 236 g/mol. The summed E-state index contributed by atoms with van der Waals surface area (Å²) >= 11 is 0. The molecule has 0 spiro atoms. The van der Waals surface area contributed by atoms with E-state index in [1.165, 1.54) is 6.20 Å². The van der Waals surface area contributed by atoms with Crippen LogP contribution in [0.25, 0.3) is 0 Å². The zero-order chi connectivity index (χ0) is 12.7. The first-order valence-electron chi connectivity index (χ1n) is 5.45. The van der Waals surface area contributed by atoms with Gasteiger partial charge in [-0.05, 0) is 24.5 Å². The number of nitrogens with zero attached hydrogens (tertiary/aromatic N) is 1. The summed E-state index contributed by atoms with van der Waals surface area (Å²) in [5.41, 5.74) is 2.80. The number of hydroxylamine groups is 1. The van der Waals surface area contributed by atoms with E-state index in [1.54, 1.807) is 18.3 Å². The summed E-state index contributed by atoms with van der Waals surface area (Å²) in [6.45, 7) is 3.97. The molecule has 0 saturated heterocycles. The molecule has 1 rings (SSSR count). The lowest BCUT2D eigenvalue weighted by Crippen LogP contribution is -2.34. The van der Waals surface area contributed by atoms with E-state index in [1.807, 2.05) is 13.8 Å². The molecule has 5 nitrogen and oxygen atoms in total. The summed E-state index contributed by atoms with van der Waals surface area (Å²) in [4.78, 5) is 30.9. The molecule has 92 valence electrons. The number of carbonyl (C=O) groups excluding carboxylic acids is 2. The van der Waals surface area contributed by atoms with Crippen molar-refractivity contribution >= 4 is 12.3 Å². The van der Waals surface area contributed by atoms with Crippen molar-refractivity contribution in [2.24, 2.45) is 5.92 Å². The molecule has 1 N–H and O–H groups in total. The maximum atomic E-state index is 11.5. The monoisotopic (exact) mass is 236 g/mol. The Hall–Kier alpha value is -1.75. The maximum absolute atomic E-state index is 11.5. The highest BCUT2D eigenvalue weighted by Gasteiger charge is 2.13. The van der Waals surface area contributed by atoms with Gasteiger partial charge in [-0.15, -0.1) is 5.48 Å². The van der Waals surface area contributed by atoms with Gasteiger partial charge in [-0.1, -0.05) is 13.8 Å². The van der Waals surface area contributed by atoms with E-state index in [4.69, 9.17) is 4.84 Å². The number of aldehydes is 1. The highest BCUT2D eigenvalue weighted by atomic mass is 16.7. The molecule has 0 unspecified atom stereocenters. The minimum Gasteiger partial charge on any atom is -0.366 e. The Morgan fingerprint density at radius 3 is 2.88 bits per heavy atom. The molecule has 0 fully saturated rings. The van der Waals surface area contributed by atoms with Gasteiger partial charge in [-0.3, -0.25) is 4.98 Å². The minimum atomic E-state index is -0.547. The lowest BCUT2D eigenvalue weighted by atomic mass is 10.1. The summed E-state index contributed by atoms with van der Waals surface area (Å²) in [7, 11) is 0. The van der Waals surface area contributed by atoms with Gasteiger partial charge in [0.2, 0.25) is 0 Å². The fourth-order valence-corrected chi connectivity index (χ4v) is 1.31. The van der Waals surface area contributed by atoms with Crippen molar-refractivity contribution in [2.45, 2.75) is 26.3 Å². The fraction of sp³-hybridized carbons (Fsp3) is 0.417. The van der Waals surface area contributed by atoms with Crippen LogP contribution in [0, 0.1) is 5.92 Å². The van der Waals surface area contributed by atoms with Crippen LogP contribution in [0.15, 0.2) is 24.5 Å². The van der Waals surface area contributed by atoms with Gasteiger partial charge in [-0.2, -0.15) is 0 Å². The number of hydrogen-bond donors (Lipinski definition) is 1. The van der Waals surface area contributed by atoms with Crippen LogP contribution in [0.3, 0.4) is 0 Å². The van der Waals surface area contributed by atoms with Crippen molar-refractivity contribution < 1.29 is 14.4 Å². The Balaban J connectivity index is 2.44. The number of pyridine rings is 1. The molecule has 1 aromatic heterocycles. The third-order valence-electron chi connectivity index (χ3n) is 2.09. The van der Waals surface area contributed by atoms with Crippen molar-refractivity contribution in [3.05, 3.63) is 30.1 Å². The van der Waals surface area contributed by atoms with E-state index < -0.39 is 12.0 Å². The Morgan fingerprint density at radius 2 is 2.35 bits per heavy atom. The largest absolute Gasteiger partial charge is 0.366 e. The summed E-state index contributed by atoms with van der Waals surface area (Å²) in [6.07, 6.45) is 4.32. The summed E-state index contributed by atoms with van der Waals surface area (Å²) < 4.78 is 0. The first-order valence-corrected chi connectivity index (χ1v) is 5.45. The van der Waals surface area contributed by atoms with Crippen LogP contribution in [0.1, 0.15) is 30.6 Å². The molecule has 0 amide bonds. The van der Waals surface area contributed by atoms with E-state index in [9.17, 15) is 9.59 Å². The van der Waals surface area contributed by atoms with Crippen molar-refractivity contribution in [1.29, 1.82) is 0 Å². The van der Waals surface area contributed by atoms with E-state index in [2.05, 4.69) is 10.5 Å². The molecular formula is C12H16N2O3. The first-order chi connectivity index (χ1) is 8.13. The highest BCUT2D eigenvalue weighted by molar-refractivity contribution is 5.88. The molecule has 5 heteroatoms. The Kier molecular flexibility index (Phi) is 5.29. The average Bonchev–Trinajstić information content (AvgIpc) is 2.34. The second-order valence-electron chi connectivity index (χ2n) is 4.12. The second kappa shape index (κ2) is 6.75. The van der Waals surface area contributed by atoms with E-state index in [0.717, 1.165) is 6.29 Å². The third-order valence-corrected chi connectivity index (χ3v) is 2.09. The van der Waals surface area contributed by atoms with Crippen molar-refractivity contribution in [1.82, 2.24) is 10.5 Å². The van der Waals surface area contributed by atoms with Crippen LogP contribution < -0.4 is 5.48 Å². The van der Waals surface area contributed by atoms with Gasteiger partial charge in [0.25, 0.3) is 0 Å². The van der Waals surface area contributed by atoms with Crippen LogP contribution in [0.2, 0.25) is 0 Å². The molecule has 0 aliphatic rings. The zero-order valence-corrected chi connectivity index (χ0v) is 9.92. The van der Waals surface area contributed by atoms with Crippen molar-refractivity contribution in [3.63, 3.8) is 0 Å². The molecular weight excluding hydrogens is 220 g/mol. The molecule has 0 bridgehead atoms. The van der Waals surface area contributed by atoms with E-state index in [-0.39, 0.29) is 0 Å². The molecule has 0 saturated carbocycles. The number of rotatable bonds is 6. The van der Waals surface area contributed by atoms with E-state index >= 15 is 0 Å². The molecule has 0 radical (unpaired) electrons. The van der Waals surface area contributed by atoms with Crippen LogP contribution in [0.4, 0.5) is 0 Å². The molecule has 0 aliphatic carbocycles. The summed E-state index contributed by atoms with van der Waals surface area (Å²) in [5, 5.41) is 0. The topological polar surface area (TPSA) is 68.3 Å². The van der Waals surface area contributed by atoms with Crippen LogP contribution in [-0.4, -0.2) is 23.3 Å². The lowest BCUT2D eigenvalue weighted by Gasteiger charge is -2.13. The number of aromatic nitrogens is 1. The Labute approximate surface area is 100 Å². The van der Waals surface area contributed by atoms with Crippen molar-refractivity contribution in [3.8, 4) is 0 Å². The predicted molar refractivity (Wildman–Crippen MR) is 62.1 cm³/mol. The van der Waals surface area contributed by atoms with Gasteiger partial charge >= 0.3 is 5.97 Å². The van der Waals surface area contributed by atoms with Crippen molar-refractivity contribution in [2.75, 3.05) is 0 Å². The molecule has 0 aliphatic heterocycles. The zero-order valence-electron chi connectivity index (χ0n) is 9.92. The Bertz CT molecular complexity index is 365. The predicted octanol–water partition coefficient (Wildman–Crippen LogP) is 1.36. The maximum Gasteiger partial charge on any atom is 0.358 e. The molecule has 1 heterocycles. The summed E-state index contributed by atoms with van der Waals surface area (Å²) in [5.74, 6) is -0.205. The van der Waals surface area contributed by atoms with Gasteiger partial charge in [0, 0.05) is 12.4 Å². The van der Waals surface area contributed by atoms with Gasteiger partial charge in [0.1, 0.15) is 6.29 Å². The Morgan fingerprint density at radius 1 is 1.59 bits per heavy atom. The first kappa shape index (κ1) is 13.3. The standard InChI is InChI=1S/C12H16N2O3/c1-9(2)6-11(8-15)14-17-12(16)10-4-3-5-13-7-10/h3-5,7-9,11,14H,6H2,1-2H3/t11-/m0/s1. The van der Waals surface area contributed by atoms with E-state index in [0.29, 0.717) is 17.9 Å². The SMILES string of the molecule is CC(C)C[C@@H](C=O)NOC(=O)c1cccnc1. The van der Waals surface area contributed by atoms with Gasteiger partial charge < -0.3 is 9.63 Å². The fourth-order valence-electron chi connectivity index (χ4n) is 1.31.